The van der Waals surface area contributed by atoms with Crippen LogP contribution in [0.4, 0.5) is 0 Å². The number of ether oxygens (including phenoxy) is 2. The maximum absolute atomic E-state index is 12.3. The molecule has 0 saturated carbocycles. The molecule has 8 heteroatoms. The van der Waals surface area contributed by atoms with E-state index in [2.05, 4.69) is 0 Å². The normalized spacial score (nSPS) is 11.4. The van der Waals surface area contributed by atoms with Crippen LogP contribution in [0.2, 0.25) is 5.02 Å². The first-order chi connectivity index (χ1) is 11.8. The van der Waals surface area contributed by atoms with Crippen molar-refractivity contribution >= 4 is 27.6 Å². The number of sulfonamides is 1. The Kier molecular flexibility index (Phi) is 6.05. The molecule has 0 atom stereocenters. The van der Waals surface area contributed by atoms with E-state index in [9.17, 15) is 13.2 Å². The highest BCUT2D eigenvalue weighted by Crippen LogP contribution is 2.24. The van der Waals surface area contributed by atoms with E-state index >= 15 is 0 Å². The highest BCUT2D eigenvalue weighted by atomic mass is 35.5. The first-order valence-electron chi connectivity index (χ1n) is 7.28. The molecule has 0 amide bonds. The van der Waals surface area contributed by atoms with Gasteiger partial charge in [0.2, 0.25) is 10.0 Å². The zero-order valence-electron chi connectivity index (χ0n) is 14.0. The minimum Gasteiger partial charge on any atom is -0.496 e. The Hall–Kier alpha value is -2.09. The summed E-state index contributed by atoms with van der Waals surface area (Å²) in [5.74, 6) is -0.128. The van der Waals surface area contributed by atoms with Gasteiger partial charge in [0.05, 0.1) is 22.6 Å². The number of methoxy groups -OCH3 is 1. The maximum atomic E-state index is 12.3. The van der Waals surface area contributed by atoms with E-state index in [0.717, 1.165) is 4.31 Å². The molecule has 0 aliphatic rings. The summed E-state index contributed by atoms with van der Waals surface area (Å²) in [5, 5.41) is 0.114. The molecule has 0 unspecified atom stereocenters. The minimum atomic E-state index is -3.68. The van der Waals surface area contributed by atoms with Crippen LogP contribution in [0.5, 0.6) is 5.75 Å². The van der Waals surface area contributed by atoms with Crippen LogP contribution in [0.25, 0.3) is 0 Å². The van der Waals surface area contributed by atoms with E-state index in [4.69, 9.17) is 21.1 Å². The SMILES string of the molecule is COc1ccccc1COC(=O)c1cc(S(=O)(=O)N(C)C)ccc1Cl. The standard InChI is InChI=1S/C17H18ClNO5S/c1-19(2)25(21,22)13-8-9-15(18)14(10-13)17(20)24-11-12-6-4-5-7-16(12)23-3/h4-10H,11H2,1-3H3. The molecule has 25 heavy (non-hydrogen) atoms. The predicted octanol–water partition coefficient (Wildman–Crippen LogP) is 2.96. The van der Waals surface area contributed by atoms with E-state index < -0.39 is 16.0 Å². The molecule has 0 heterocycles. The molecule has 0 saturated heterocycles. The third-order valence-electron chi connectivity index (χ3n) is 3.49. The molecule has 0 bridgehead atoms. The number of carbonyl (C=O) groups is 1. The van der Waals surface area contributed by atoms with Crippen molar-refractivity contribution in [3.63, 3.8) is 0 Å². The predicted molar refractivity (Wildman–Crippen MR) is 94.4 cm³/mol. The van der Waals surface area contributed by atoms with Crippen molar-refractivity contribution < 1.29 is 22.7 Å². The summed E-state index contributed by atoms with van der Waals surface area (Å²) in [6.45, 7) is -0.0240. The maximum Gasteiger partial charge on any atom is 0.340 e. The Morgan fingerprint density at radius 1 is 1.16 bits per heavy atom. The lowest BCUT2D eigenvalue weighted by Gasteiger charge is -2.13. The van der Waals surface area contributed by atoms with Gasteiger partial charge in [-0.2, -0.15) is 0 Å². The Morgan fingerprint density at radius 2 is 1.84 bits per heavy atom. The van der Waals surface area contributed by atoms with Crippen molar-refractivity contribution in [1.29, 1.82) is 0 Å². The average Bonchev–Trinajstić information content (AvgIpc) is 2.59. The fourth-order valence-electron chi connectivity index (χ4n) is 2.08. The van der Waals surface area contributed by atoms with Crippen LogP contribution >= 0.6 is 11.6 Å². The zero-order valence-corrected chi connectivity index (χ0v) is 15.6. The molecule has 0 aliphatic heterocycles. The van der Waals surface area contributed by atoms with E-state index in [1.54, 1.807) is 24.3 Å². The first-order valence-corrected chi connectivity index (χ1v) is 9.10. The molecule has 0 aliphatic carbocycles. The van der Waals surface area contributed by atoms with Crippen LogP contribution in [-0.2, 0) is 21.4 Å². The second kappa shape index (κ2) is 7.86. The van der Waals surface area contributed by atoms with Gasteiger partial charge in [-0.1, -0.05) is 29.8 Å². The lowest BCUT2D eigenvalue weighted by molar-refractivity contribution is 0.0470. The lowest BCUT2D eigenvalue weighted by atomic mass is 10.2. The average molecular weight is 384 g/mol. The lowest BCUT2D eigenvalue weighted by Crippen LogP contribution is -2.22. The third-order valence-corrected chi connectivity index (χ3v) is 5.63. The highest BCUT2D eigenvalue weighted by Gasteiger charge is 2.21. The molecular weight excluding hydrogens is 366 g/mol. The van der Waals surface area contributed by atoms with Crippen LogP contribution in [0.1, 0.15) is 15.9 Å². The second-order valence-electron chi connectivity index (χ2n) is 5.32. The molecule has 0 N–H and O–H groups in total. The summed E-state index contributed by atoms with van der Waals surface area (Å²) < 4.78 is 35.9. The summed E-state index contributed by atoms with van der Waals surface area (Å²) in [5.41, 5.74) is 0.672. The number of hydrogen-bond acceptors (Lipinski definition) is 5. The summed E-state index contributed by atoms with van der Waals surface area (Å²) >= 11 is 6.03. The van der Waals surface area contributed by atoms with Gasteiger partial charge in [-0.25, -0.2) is 17.5 Å². The van der Waals surface area contributed by atoms with Gasteiger partial charge in [-0.15, -0.1) is 0 Å². The van der Waals surface area contributed by atoms with Crippen LogP contribution < -0.4 is 4.74 Å². The van der Waals surface area contributed by atoms with Gasteiger partial charge < -0.3 is 9.47 Å². The second-order valence-corrected chi connectivity index (χ2v) is 7.88. The Bertz CT molecular complexity index is 880. The number of para-hydroxylation sites is 1. The Labute approximate surface area is 152 Å². The van der Waals surface area contributed by atoms with Gasteiger partial charge >= 0.3 is 5.97 Å². The van der Waals surface area contributed by atoms with Crippen LogP contribution in [0, 0.1) is 0 Å². The topological polar surface area (TPSA) is 72.9 Å². The molecule has 0 aromatic heterocycles. The van der Waals surface area contributed by atoms with Gasteiger partial charge in [0.15, 0.2) is 0 Å². The number of nitrogens with zero attached hydrogens (tertiary/aromatic N) is 1. The van der Waals surface area contributed by atoms with Gasteiger partial charge in [0, 0.05) is 19.7 Å². The number of esters is 1. The molecule has 6 nitrogen and oxygen atoms in total. The molecule has 134 valence electrons. The van der Waals surface area contributed by atoms with Crippen LogP contribution in [-0.4, -0.2) is 39.9 Å². The van der Waals surface area contributed by atoms with Crippen molar-refractivity contribution in [2.45, 2.75) is 11.5 Å². The number of benzene rings is 2. The van der Waals surface area contributed by atoms with Gasteiger partial charge in [-0.3, -0.25) is 0 Å². The number of rotatable bonds is 6. The number of halogens is 1. The van der Waals surface area contributed by atoms with E-state index in [1.165, 1.54) is 39.4 Å². The fraction of sp³-hybridized carbons (Fsp3) is 0.235. The number of hydrogen-bond donors (Lipinski definition) is 0. The van der Waals surface area contributed by atoms with E-state index in [1.807, 2.05) is 0 Å². The van der Waals surface area contributed by atoms with Crippen molar-refractivity contribution in [2.75, 3.05) is 21.2 Å². The summed E-state index contributed by atoms with van der Waals surface area (Å²) in [7, 11) is 0.653. The molecule has 0 fully saturated rings. The monoisotopic (exact) mass is 383 g/mol. The molecule has 0 spiro atoms. The van der Waals surface area contributed by atoms with Crippen molar-refractivity contribution in [3.05, 3.63) is 58.6 Å². The molecule has 0 radical (unpaired) electrons. The van der Waals surface area contributed by atoms with Crippen LogP contribution in [0.15, 0.2) is 47.4 Å². The molecule has 2 aromatic rings. The van der Waals surface area contributed by atoms with E-state index in [0.29, 0.717) is 11.3 Å². The van der Waals surface area contributed by atoms with Gasteiger partial charge in [0.25, 0.3) is 0 Å². The largest absolute Gasteiger partial charge is 0.496 e. The van der Waals surface area contributed by atoms with Crippen LogP contribution in [0.3, 0.4) is 0 Å². The molecule has 2 aromatic carbocycles. The molecule has 2 rings (SSSR count). The number of carbonyl (C=O) groups excluding carboxylic acids is 1. The quantitative estimate of drug-likeness (QED) is 0.717. The van der Waals surface area contributed by atoms with Gasteiger partial charge in [0.1, 0.15) is 12.4 Å². The van der Waals surface area contributed by atoms with Gasteiger partial charge in [-0.05, 0) is 24.3 Å². The van der Waals surface area contributed by atoms with E-state index in [-0.39, 0.29) is 22.1 Å². The highest BCUT2D eigenvalue weighted by molar-refractivity contribution is 7.89. The van der Waals surface area contributed by atoms with Crippen molar-refractivity contribution in [2.24, 2.45) is 0 Å². The van der Waals surface area contributed by atoms with Crippen molar-refractivity contribution in [1.82, 2.24) is 4.31 Å². The first kappa shape index (κ1) is 19.2. The third kappa shape index (κ3) is 4.31. The summed E-state index contributed by atoms with van der Waals surface area (Å²) in [6.07, 6.45) is 0. The smallest absolute Gasteiger partial charge is 0.340 e. The Balaban J connectivity index is 2.25. The minimum absolute atomic E-state index is 0.0144. The zero-order chi connectivity index (χ0) is 18.6. The fourth-order valence-corrected chi connectivity index (χ4v) is 3.20. The Morgan fingerprint density at radius 3 is 2.48 bits per heavy atom. The summed E-state index contributed by atoms with van der Waals surface area (Å²) in [6, 6.07) is 11.0. The summed E-state index contributed by atoms with van der Waals surface area (Å²) in [4.78, 5) is 12.3. The molecular formula is C17H18ClNO5S. The van der Waals surface area contributed by atoms with Crippen molar-refractivity contribution in [3.8, 4) is 5.75 Å².